The molecule has 0 amide bonds. The molecule has 0 aliphatic heterocycles. The van der Waals surface area contributed by atoms with Crippen LogP contribution in [0.1, 0.15) is 25.1 Å². The maximum atomic E-state index is 12.1. The van der Waals surface area contributed by atoms with E-state index in [1.807, 2.05) is 0 Å². The highest BCUT2D eigenvalue weighted by Crippen LogP contribution is 2.19. The summed E-state index contributed by atoms with van der Waals surface area (Å²) in [6.45, 7) is 1.73. The Kier molecular flexibility index (Phi) is 3.44. The van der Waals surface area contributed by atoms with Gasteiger partial charge >= 0.3 is 6.43 Å². The minimum absolute atomic E-state index is 0.0494. The predicted molar refractivity (Wildman–Crippen MR) is 47.3 cm³/mol. The first kappa shape index (κ1) is 10.5. The zero-order valence-corrected chi connectivity index (χ0v) is 7.74. The molecule has 0 radical (unpaired) electrons. The van der Waals surface area contributed by atoms with E-state index in [-0.39, 0.29) is 5.89 Å². The summed E-state index contributed by atoms with van der Waals surface area (Å²) in [6, 6.07) is 0. The quantitative estimate of drug-likeness (QED) is 0.703. The van der Waals surface area contributed by atoms with Crippen molar-refractivity contribution in [3.05, 3.63) is 17.9 Å². The SMILES string of the molecule is C/C=C(\C=NC)c1nnc(C(F)F)o1. The Morgan fingerprint density at radius 1 is 1.50 bits per heavy atom. The monoisotopic (exact) mass is 201 g/mol. The Morgan fingerprint density at radius 3 is 2.64 bits per heavy atom. The van der Waals surface area contributed by atoms with Crippen molar-refractivity contribution in [3.8, 4) is 0 Å². The molecule has 76 valence electrons. The predicted octanol–water partition coefficient (Wildman–Crippen LogP) is 2.11. The van der Waals surface area contributed by atoms with E-state index in [4.69, 9.17) is 4.42 Å². The van der Waals surface area contributed by atoms with Crippen molar-refractivity contribution in [1.29, 1.82) is 0 Å². The highest BCUT2D eigenvalue weighted by molar-refractivity contribution is 6.07. The van der Waals surface area contributed by atoms with Gasteiger partial charge in [0.05, 0.1) is 5.57 Å². The number of nitrogens with zero attached hydrogens (tertiary/aromatic N) is 3. The van der Waals surface area contributed by atoms with Crippen molar-refractivity contribution in [1.82, 2.24) is 10.2 Å². The second-order valence-electron chi connectivity index (χ2n) is 2.38. The molecule has 0 N–H and O–H groups in total. The van der Waals surface area contributed by atoms with Crippen LogP contribution in [0.15, 0.2) is 15.5 Å². The van der Waals surface area contributed by atoms with Gasteiger partial charge in [0.1, 0.15) is 0 Å². The smallest absolute Gasteiger partial charge is 0.314 e. The molecule has 0 unspecified atom stereocenters. The van der Waals surface area contributed by atoms with Crippen LogP contribution >= 0.6 is 0 Å². The van der Waals surface area contributed by atoms with Gasteiger partial charge in [-0.25, -0.2) is 0 Å². The van der Waals surface area contributed by atoms with E-state index in [1.165, 1.54) is 6.21 Å². The van der Waals surface area contributed by atoms with Crippen molar-refractivity contribution < 1.29 is 13.2 Å². The lowest BCUT2D eigenvalue weighted by molar-refractivity contribution is 0.114. The summed E-state index contributed by atoms with van der Waals surface area (Å²) in [5, 5.41) is 6.67. The molecule has 0 fully saturated rings. The van der Waals surface area contributed by atoms with E-state index in [9.17, 15) is 8.78 Å². The second-order valence-corrected chi connectivity index (χ2v) is 2.38. The standard InChI is InChI=1S/C8H9F2N3O/c1-3-5(4-11-2)7-12-13-8(14-7)6(9)10/h3-4,6H,1-2H3/b5-3+,11-4?. The molecule has 1 aromatic rings. The van der Waals surface area contributed by atoms with Gasteiger partial charge in [-0.3, -0.25) is 4.99 Å². The van der Waals surface area contributed by atoms with Crippen molar-refractivity contribution >= 4 is 11.8 Å². The first-order valence-electron chi connectivity index (χ1n) is 3.89. The number of halogens is 2. The van der Waals surface area contributed by atoms with Crippen molar-refractivity contribution in [3.63, 3.8) is 0 Å². The van der Waals surface area contributed by atoms with Gasteiger partial charge in [-0.2, -0.15) is 8.78 Å². The minimum Gasteiger partial charge on any atom is -0.415 e. The second kappa shape index (κ2) is 4.59. The summed E-state index contributed by atoms with van der Waals surface area (Å²) in [4.78, 5) is 3.73. The number of hydrogen-bond donors (Lipinski definition) is 0. The van der Waals surface area contributed by atoms with Crippen LogP contribution in [0.3, 0.4) is 0 Å². The summed E-state index contributed by atoms with van der Waals surface area (Å²) in [5.74, 6) is -0.628. The molecule has 1 heterocycles. The lowest BCUT2D eigenvalue weighted by atomic mass is 10.3. The van der Waals surface area contributed by atoms with Crippen LogP contribution in [-0.2, 0) is 0 Å². The summed E-state index contributed by atoms with van der Waals surface area (Å²) in [6.07, 6.45) is 0.367. The normalized spacial score (nSPS) is 13.1. The van der Waals surface area contributed by atoms with Crippen molar-refractivity contribution in [2.24, 2.45) is 4.99 Å². The maximum absolute atomic E-state index is 12.1. The molecule has 0 saturated carbocycles. The van der Waals surface area contributed by atoms with Gasteiger partial charge in [-0.15, -0.1) is 10.2 Å². The van der Waals surface area contributed by atoms with E-state index in [0.29, 0.717) is 5.57 Å². The van der Waals surface area contributed by atoms with E-state index >= 15 is 0 Å². The van der Waals surface area contributed by atoms with Gasteiger partial charge < -0.3 is 4.42 Å². The fourth-order valence-electron chi connectivity index (χ4n) is 0.832. The first-order chi connectivity index (χ1) is 6.69. The zero-order valence-electron chi connectivity index (χ0n) is 7.74. The van der Waals surface area contributed by atoms with Crippen molar-refractivity contribution in [2.45, 2.75) is 13.3 Å². The van der Waals surface area contributed by atoms with E-state index < -0.39 is 12.3 Å². The Labute approximate surface area is 79.4 Å². The minimum atomic E-state index is -2.74. The first-order valence-corrected chi connectivity index (χ1v) is 3.89. The van der Waals surface area contributed by atoms with Gasteiger partial charge in [-0.1, -0.05) is 6.08 Å². The summed E-state index contributed by atoms with van der Waals surface area (Å²) < 4.78 is 28.9. The van der Waals surface area contributed by atoms with Crippen molar-refractivity contribution in [2.75, 3.05) is 7.05 Å². The number of aromatic nitrogens is 2. The molecule has 0 spiro atoms. The third kappa shape index (κ3) is 2.21. The lowest BCUT2D eigenvalue weighted by Gasteiger charge is -1.91. The number of alkyl halides is 2. The van der Waals surface area contributed by atoms with Crippen LogP contribution < -0.4 is 0 Å². The van der Waals surface area contributed by atoms with E-state index in [2.05, 4.69) is 15.2 Å². The van der Waals surface area contributed by atoms with Gasteiger partial charge in [0.25, 0.3) is 5.89 Å². The third-order valence-electron chi connectivity index (χ3n) is 1.45. The highest BCUT2D eigenvalue weighted by Gasteiger charge is 2.16. The molecule has 0 aliphatic rings. The molecular formula is C8H9F2N3O. The van der Waals surface area contributed by atoms with Gasteiger partial charge in [0.2, 0.25) is 5.89 Å². The molecule has 0 aromatic carbocycles. The Hall–Kier alpha value is -1.59. The molecule has 1 rings (SSSR count). The fourth-order valence-corrected chi connectivity index (χ4v) is 0.832. The van der Waals surface area contributed by atoms with E-state index in [1.54, 1.807) is 20.0 Å². The molecule has 4 nitrogen and oxygen atoms in total. The average Bonchev–Trinajstić information content (AvgIpc) is 2.63. The molecular weight excluding hydrogens is 192 g/mol. The molecule has 0 bridgehead atoms. The Bertz CT molecular complexity index is 357. The van der Waals surface area contributed by atoms with Crippen LogP contribution in [0, 0.1) is 0 Å². The maximum Gasteiger partial charge on any atom is 0.314 e. The van der Waals surface area contributed by atoms with Crippen LogP contribution in [0.5, 0.6) is 0 Å². The van der Waals surface area contributed by atoms with Crippen LogP contribution in [0.2, 0.25) is 0 Å². The largest absolute Gasteiger partial charge is 0.415 e. The molecule has 14 heavy (non-hydrogen) atoms. The molecule has 0 aliphatic carbocycles. The number of rotatable bonds is 3. The lowest BCUT2D eigenvalue weighted by Crippen LogP contribution is -1.85. The third-order valence-corrected chi connectivity index (χ3v) is 1.45. The van der Waals surface area contributed by atoms with Gasteiger partial charge in [0, 0.05) is 13.3 Å². The number of aliphatic imine (C=N–C) groups is 1. The Balaban J connectivity index is 2.96. The average molecular weight is 201 g/mol. The van der Waals surface area contributed by atoms with Gasteiger partial charge in [0.15, 0.2) is 0 Å². The van der Waals surface area contributed by atoms with Crippen LogP contribution in [-0.4, -0.2) is 23.5 Å². The summed E-state index contributed by atoms with van der Waals surface area (Å²) in [7, 11) is 1.56. The fraction of sp³-hybridized carbons (Fsp3) is 0.375. The van der Waals surface area contributed by atoms with Crippen LogP contribution in [0.4, 0.5) is 8.78 Å². The Morgan fingerprint density at radius 2 is 2.21 bits per heavy atom. The molecule has 6 heteroatoms. The molecule has 0 atom stereocenters. The zero-order chi connectivity index (χ0) is 10.6. The topological polar surface area (TPSA) is 51.3 Å². The van der Waals surface area contributed by atoms with Crippen LogP contribution in [0.25, 0.3) is 5.57 Å². The summed E-state index contributed by atoms with van der Waals surface area (Å²) in [5.41, 5.74) is 0.520. The molecule has 0 saturated heterocycles. The number of hydrogen-bond acceptors (Lipinski definition) is 4. The van der Waals surface area contributed by atoms with Gasteiger partial charge in [-0.05, 0) is 6.92 Å². The summed E-state index contributed by atoms with van der Waals surface area (Å²) >= 11 is 0. The number of allylic oxidation sites excluding steroid dienone is 2. The van der Waals surface area contributed by atoms with E-state index in [0.717, 1.165) is 0 Å². The molecule has 1 aromatic heterocycles. The highest BCUT2D eigenvalue weighted by atomic mass is 19.3.